The fraction of sp³-hybridized carbons (Fsp3) is 0.600. The third-order valence-corrected chi connectivity index (χ3v) is 3.84. The van der Waals surface area contributed by atoms with Crippen molar-refractivity contribution >= 4 is 0 Å². The highest BCUT2D eigenvalue weighted by Crippen LogP contribution is 2.25. The minimum absolute atomic E-state index is 0.156. The van der Waals surface area contributed by atoms with Gasteiger partial charge in [0.25, 0.3) is 0 Å². The molecule has 0 radical (unpaired) electrons. The van der Waals surface area contributed by atoms with Crippen molar-refractivity contribution in [1.29, 1.82) is 0 Å². The predicted octanol–water partition coefficient (Wildman–Crippen LogP) is 2.40. The van der Waals surface area contributed by atoms with Gasteiger partial charge in [0.15, 0.2) is 0 Å². The molecule has 1 aliphatic rings. The van der Waals surface area contributed by atoms with E-state index in [2.05, 4.69) is 37.9 Å². The normalized spacial score (nSPS) is 25.1. The summed E-state index contributed by atoms with van der Waals surface area (Å²) < 4.78 is 11.7. The van der Waals surface area contributed by atoms with E-state index in [0.717, 1.165) is 25.3 Å². The molecule has 18 heavy (non-hydrogen) atoms. The molecule has 1 saturated heterocycles. The molecule has 1 heterocycles. The first-order chi connectivity index (χ1) is 8.61. The van der Waals surface area contributed by atoms with E-state index < -0.39 is 0 Å². The topological polar surface area (TPSA) is 21.7 Å². The van der Waals surface area contributed by atoms with Gasteiger partial charge in [-0.1, -0.05) is 12.1 Å². The van der Waals surface area contributed by atoms with Gasteiger partial charge in [0, 0.05) is 20.2 Å². The summed E-state index contributed by atoms with van der Waals surface area (Å²) in [5.41, 5.74) is 2.50. The van der Waals surface area contributed by atoms with Crippen LogP contribution in [0.5, 0.6) is 5.75 Å². The predicted molar refractivity (Wildman–Crippen MR) is 73.2 cm³/mol. The second-order valence-corrected chi connectivity index (χ2v) is 5.18. The maximum absolute atomic E-state index is 6.17. The molecule has 0 amide bonds. The molecule has 2 rings (SSSR count). The highest BCUT2D eigenvalue weighted by molar-refractivity contribution is 5.38. The average Bonchev–Trinajstić information content (AvgIpc) is 2.37. The van der Waals surface area contributed by atoms with E-state index in [-0.39, 0.29) is 12.2 Å². The zero-order valence-corrected chi connectivity index (χ0v) is 11.8. The molecule has 0 unspecified atom stereocenters. The van der Waals surface area contributed by atoms with Gasteiger partial charge in [0.05, 0.1) is 0 Å². The zero-order valence-electron chi connectivity index (χ0n) is 11.8. The van der Waals surface area contributed by atoms with Crippen molar-refractivity contribution in [2.45, 2.75) is 32.5 Å². The molecule has 3 heteroatoms. The fourth-order valence-electron chi connectivity index (χ4n) is 2.43. The second-order valence-electron chi connectivity index (χ2n) is 5.18. The van der Waals surface area contributed by atoms with Gasteiger partial charge in [0.1, 0.15) is 18.0 Å². The highest BCUT2D eigenvalue weighted by atomic mass is 16.5. The average molecular weight is 249 g/mol. The Morgan fingerprint density at radius 1 is 1.22 bits per heavy atom. The van der Waals surface area contributed by atoms with Crippen LogP contribution in [0.3, 0.4) is 0 Å². The van der Waals surface area contributed by atoms with E-state index in [9.17, 15) is 0 Å². The number of rotatable bonds is 3. The van der Waals surface area contributed by atoms with E-state index in [0.29, 0.717) is 0 Å². The standard InChI is InChI=1S/C15H23NO2/c1-11-6-5-7-13(12(11)2)18-14-8-9-16(3)10-15(14)17-4/h5-7,14-15H,8-10H2,1-4H3/t14-,15-/m0/s1. The molecule has 0 bridgehead atoms. The summed E-state index contributed by atoms with van der Waals surface area (Å²) in [5.74, 6) is 0.992. The number of piperidine rings is 1. The largest absolute Gasteiger partial charge is 0.487 e. The summed E-state index contributed by atoms with van der Waals surface area (Å²) in [7, 11) is 3.89. The molecule has 1 fully saturated rings. The van der Waals surface area contributed by atoms with E-state index in [1.54, 1.807) is 7.11 Å². The van der Waals surface area contributed by atoms with Gasteiger partial charge in [-0.2, -0.15) is 0 Å². The van der Waals surface area contributed by atoms with Crippen LogP contribution in [0.4, 0.5) is 0 Å². The molecule has 0 saturated carbocycles. The molecule has 1 aromatic rings. The number of methoxy groups -OCH3 is 1. The van der Waals surface area contributed by atoms with Crippen molar-refractivity contribution in [3.63, 3.8) is 0 Å². The lowest BCUT2D eigenvalue weighted by atomic mass is 10.0. The third kappa shape index (κ3) is 2.85. The molecular formula is C15H23NO2. The maximum atomic E-state index is 6.17. The molecule has 0 aromatic heterocycles. The molecule has 0 aliphatic carbocycles. The summed E-state index contributed by atoms with van der Waals surface area (Å²) in [6.07, 6.45) is 1.33. The van der Waals surface area contributed by atoms with Crippen molar-refractivity contribution in [2.75, 3.05) is 27.2 Å². The lowest BCUT2D eigenvalue weighted by molar-refractivity contribution is -0.0437. The summed E-state index contributed by atoms with van der Waals surface area (Å²) in [4.78, 5) is 2.29. The Bertz CT molecular complexity index is 405. The summed E-state index contributed by atoms with van der Waals surface area (Å²) in [6.45, 7) is 6.23. The van der Waals surface area contributed by atoms with Crippen molar-refractivity contribution in [3.05, 3.63) is 29.3 Å². The number of ether oxygens (including phenoxy) is 2. The number of hydrogen-bond donors (Lipinski definition) is 0. The van der Waals surface area contributed by atoms with Crippen LogP contribution in [-0.4, -0.2) is 44.4 Å². The van der Waals surface area contributed by atoms with Gasteiger partial charge in [-0.3, -0.25) is 0 Å². The van der Waals surface area contributed by atoms with Crippen LogP contribution in [0.1, 0.15) is 17.5 Å². The monoisotopic (exact) mass is 249 g/mol. The molecule has 1 aromatic carbocycles. The Kier molecular flexibility index (Phi) is 4.25. The Hall–Kier alpha value is -1.06. The Labute approximate surface area is 110 Å². The first-order valence-electron chi connectivity index (χ1n) is 6.56. The van der Waals surface area contributed by atoms with E-state index in [1.165, 1.54) is 11.1 Å². The maximum Gasteiger partial charge on any atom is 0.127 e. The second kappa shape index (κ2) is 5.72. The van der Waals surface area contributed by atoms with Crippen molar-refractivity contribution in [2.24, 2.45) is 0 Å². The van der Waals surface area contributed by atoms with Gasteiger partial charge in [-0.15, -0.1) is 0 Å². The minimum Gasteiger partial charge on any atom is -0.487 e. The van der Waals surface area contributed by atoms with Gasteiger partial charge in [-0.05, 0) is 44.5 Å². The van der Waals surface area contributed by atoms with Crippen LogP contribution >= 0.6 is 0 Å². The van der Waals surface area contributed by atoms with Crippen LogP contribution in [0, 0.1) is 13.8 Å². The van der Waals surface area contributed by atoms with Crippen molar-refractivity contribution in [3.8, 4) is 5.75 Å². The molecule has 0 N–H and O–H groups in total. The highest BCUT2D eigenvalue weighted by Gasteiger charge is 2.29. The molecule has 3 nitrogen and oxygen atoms in total. The summed E-state index contributed by atoms with van der Waals surface area (Å²) >= 11 is 0. The molecule has 0 spiro atoms. The third-order valence-electron chi connectivity index (χ3n) is 3.84. The fourth-order valence-corrected chi connectivity index (χ4v) is 2.43. The number of likely N-dealkylation sites (N-methyl/N-ethyl adjacent to an activating group) is 1. The van der Waals surface area contributed by atoms with Crippen molar-refractivity contribution < 1.29 is 9.47 Å². The van der Waals surface area contributed by atoms with Crippen LogP contribution in [0.15, 0.2) is 18.2 Å². The smallest absolute Gasteiger partial charge is 0.127 e. The Morgan fingerprint density at radius 3 is 2.72 bits per heavy atom. The minimum atomic E-state index is 0.156. The van der Waals surface area contributed by atoms with Crippen LogP contribution < -0.4 is 4.74 Å². The molecule has 100 valence electrons. The Balaban J connectivity index is 2.10. The SMILES string of the molecule is CO[C@H]1CN(C)CC[C@@H]1Oc1cccc(C)c1C. The number of likely N-dealkylation sites (tertiary alicyclic amines) is 1. The van der Waals surface area contributed by atoms with Crippen molar-refractivity contribution in [1.82, 2.24) is 4.90 Å². The van der Waals surface area contributed by atoms with E-state index in [4.69, 9.17) is 9.47 Å². The van der Waals surface area contributed by atoms with Crippen LogP contribution in [0.2, 0.25) is 0 Å². The molecule has 1 aliphatic heterocycles. The van der Waals surface area contributed by atoms with Crippen LogP contribution in [0.25, 0.3) is 0 Å². The first-order valence-corrected chi connectivity index (χ1v) is 6.56. The number of hydrogen-bond acceptors (Lipinski definition) is 3. The lowest BCUT2D eigenvalue weighted by Gasteiger charge is -2.36. The van der Waals surface area contributed by atoms with Gasteiger partial charge >= 0.3 is 0 Å². The zero-order chi connectivity index (χ0) is 13.1. The summed E-state index contributed by atoms with van der Waals surface area (Å²) in [6, 6.07) is 6.21. The first kappa shape index (κ1) is 13.4. The molecular weight excluding hydrogens is 226 g/mol. The number of aryl methyl sites for hydroxylation is 1. The number of benzene rings is 1. The van der Waals surface area contributed by atoms with E-state index >= 15 is 0 Å². The Morgan fingerprint density at radius 2 is 2.00 bits per heavy atom. The quantitative estimate of drug-likeness (QED) is 0.821. The molecule has 2 atom stereocenters. The van der Waals surface area contributed by atoms with Gasteiger partial charge in [0.2, 0.25) is 0 Å². The summed E-state index contributed by atoms with van der Waals surface area (Å²) in [5, 5.41) is 0. The van der Waals surface area contributed by atoms with Gasteiger partial charge < -0.3 is 14.4 Å². The van der Waals surface area contributed by atoms with E-state index in [1.807, 2.05) is 6.07 Å². The number of nitrogens with zero attached hydrogens (tertiary/aromatic N) is 1. The van der Waals surface area contributed by atoms with Gasteiger partial charge in [-0.25, -0.2) is 0 Å². The lowest BCUT2D eigenvalue weighted by Crippen LogP contribution is -2.48. The van der Waals surface area contributed by atoms with Crippen LogP contribution in [-0.2, 0) is 4.74 Å².